The molecule has 0 aromatic heterocycles. The molecule has 4 heteroatoms. The van der Waals surface area contributed by atoms with Gasteiger partial charge in [0.15, 0.2) is 0 Å². The van der Waals surface area contributed by atoms with E-state index < -0.39 is 8.80 Å². The lowest BCUT2D eigenvalue weighted by Crippen LogP contribution is -2.53. The SMILES string of the molecule is CC(C)O[Si](OC(C)C)(OC(C)C)C1=CC2CC[C@H]1C2. The average molecular weight is 298 g/mol. The van der Waals surface area contributed by atoms with Gasteiger partial charge in [-0.05, 0) is 77.8 Å². The summed E-state index contributed by atoms with van der Waals surface area (Å²) in [7, 11) is -2.74. The van der Waals surface area contributed by atoms with Crippen LogP contribution in [0.3, 0.4) is 0 Å². The van der Waals surface area contributed by atoms with Gasteiger partial charge in [0, 0.05) is 18.3 Å². The summed E-state index contributed by atoms with van der Waals surface area (Å²) < 4.78 is 19.0. The standard InChI is InChI=1S/C16H30O3Si/c1-11(2)17-20(18-12(3)4,19-13(5)6)16-10-14-7-8-15(16)9-14/h10-15H,7-9H2,1-6H3/t14?,15-/m0/s1. The molecule has 0 aromatic rings. The molecule has 1 unspecified atom stereocenters. The number of hydrogen-bond donors (Lipinski definition) is 0. The van der Waals surface area contributed by atoms with Crippen molar-refractivity contribution < 1.29 is 13.3 Å². The van der Waals surface area contributed by atoms with E-state index >= 15 is 0 Å². The lowest BCUT2D eigenvalue weighted by Gasteiger charge is -2.37. The number of allylic oxidation sites excluding steroid dienone is 2. The maximum atomic E-state index is 6.32. The fourth-order valence-electron chi connectivity index (χ4n) is 3.41. The van der Waals surface area contributed by atoms with Crippen molar-refractivity contribution in [2.24, 2.45) is 11.8 Å². The van der Waals surface area contributed by atoms with Crippen LogP contribution in [0.1, 0.15) is 60.8 Å². The highest BCUT2D eigenvalue weighted by Gasteiger charge is 2.54. The Balaban J connectivity index is 2.31. The van der Waals surface area contributed by atoms with Crippen LogP contribution in [0, 0.1) is 11.8 Å². The Hall–Kier alpha value is -0.163. The van der Waals surface area contributed by atoms with Gasteiger partial charge in [-0.2, -0.15) is 0 Å². The van der Waals surface area contributed by atoms with E-state index in [1.54, 1.807) is 0 Å². The van der Waals surface area contributed by atoms with E-state index in [1.807, 2.05) is 0 Å². The van der Waals surface area contributed by atoms with Crippen molar-refractivity contribution in [2.75, 3.05) is 0 Å². The Morgan fingerprint density at radius 1 is 0.900 bits per heavy atom. The molecule has 0 N–H and O–H groups in total. The summed E-state index contributed by atoms with van der Waals surface area (Å²) in [6.07, 6.45) is 6.65. The second-order valence-corrected chi connectivity index (χ2v) is 9.34. The largest absolute Gasteiger partial charge is 0.533 e. The normalized spacial score (nSPS) is 26.1. The molecule has 2 bridgehead atoms. The molecule has 2 rings (SSSR count). The highest BCUT2D eigenvalue weighted by atomic mass is 28.4. The molecule has 1 saturated carbocycles. The average Bonchev–Trinajstić information content (AvgIpc) is 2.87. The second-order valence-electron chi connectivity index (χ2n) is 6.95. The third-order valence-electron chi connectivity index (χ3n) is 3.85. The molecule has 0 aromatic carbocycles. The second kappa shape index (κ2) is 6.30. The Morgan fingerprint density at radius 2 is 1.40 bits per heavy atom. The zero-order chi connectivity index (χ0) is 14.9. The molecule has 0 radical (unpaired) electrons. The van der Waals surface area contributed by atoms with Crippen molar-refractivity contribution in [3.05, 3.63) is 11.3 Å². The lowest BCUT2D eigenvalue weighted by atomic mass is 10.1. The minimum Gasteiger partial charge on any atom is -0.368 e. The third kappa shape index (κ3) is 3.53. The predicted octanol–water partition coefficient (Wildman–Crippen LogP) is 4.10. The lowest BCUT2D eigenvalue weighted by molar-refractivity contribution is 0.00905. The minimum absolute atomic E-state index is 0.124. The molecule has 20 heavy (non-hydrogen) atoms. The van der Waals surface area contributed by atoms with Crippen LogP contribution in [0.4, 0.5) is 0 Å². The molecule has 0 amide bonds. The van der Waals surface area contributed by atoms with Gasteiger partial charge in [0.05, 0.1) is 0 Å². The summed E-state index contributed by atoms with van der Waals surface area (Å²) >= 11 is 0. The maximum absolute atomic E-state index is 6.32. The molecule has 0 spiro atoms. The van der Waals surface area contributed by atoms with Crippen molar-refractivity contribution in [1.82, 2.24) is 0 Å². The van der Waals surface area contributed by atoms with Crippen LogP contribution in [-0.2, 0) is 13.3 Å². The van der Waals surface area contributed by atoms with Gasteiger partial charge in [0.2, 0.25) is 0 Å². The molecule has 3 nitrogen and oxygen atoms in total. The number of rotatable bonds is 7. The first kappa shape index (κ1) is 16.2. The molecule has 116 valence electrons. The molecular weight excluding hydrogens is 268 g/mol. The minimum atomic E-state index is -2.74. The molecule has 2 atom stereocenters. The van der Waals surface area contributed by atoms with Crippen LogP contribution in [-0.4, -0.2) is 27.1 Å². The Bertz CT molecular complexity index is 336. The summed E-state index contributed by atoms with van der Waals surface area (Å²) in [5.74, 6) is 1.35. The van der Waals surface area contributed by atoms with Gasteiger partial charge in [-0.15, -0.1) is 0 Å². The first-order valence-corrected chi connectivity index (χ1v) is 9.80. The van der Waals surface area contributed by atoms with E-state index in [0.29, 0.717) is 5.92 Å². The van der Waals surface area contributed by atoms with Crippen molar-refractivity contribution in [3.63, 3.8) is 0 Å². The van der Waals surface area contributed by atoms with Crippen LogP contribution < -0.4 is 0 Å². The monoisotopic (exact) mass is 298 g/mol. The van der Waals surface area contributed by atoms with Crippen molar-refractivity contribution in [3.8, 4) is 0 Å². The zero-order valence-corrected chi connectivity index (χ0v) is 14.8. The van der Waals surface area contributed by atoms with Gasteiger partial charge in [0.25, 0.3) is 0 Å². The zero-order valence-electron chi connectivity index (χ0n) is 13.8. The first-order chi connectivity index (χ1) is 9.32. The number of hydrogen-bond acceptors (Lipinski definition) is 3. The van der Waals surface area contributed by atoms with Gasteiger partial charge in [0.1, 0.15) is 0 Å². The molecule has 2 aliphatic carbocycles. The highest BCUT2D eigenvalue weighted by molar-refractivity contribution is 6.69. The summed E-state index contributed by atoms with van der Waals surface area (Å²) in [5, 5.41) is 1.37. The predicted molar refractivity (Wildman–Crippen MR) is 83.3 cm³/mol. The quantitative estimate of drug-likeness (QED) is 0.662. The maximum Gasteiger partial charge on any atom is 0.533 e. The van der Waals surface area contributed by atoms with E-state index in [-0.39, 0.29) is 18.3 Å². The van der Waals surface area contributed by atoms with Gasteiger partial charge < -0.3 is 13.3 Å². The molecule has 0 aliphatic heterocycles. The first-order valence-electron chi connectivity index (χ1n) is 8.08. The van der Waals surface area contributed by atoms with Gasteiger partial charge in [-0.1, -0.05) is 6.08 Å². The number of fused-ring (bicyclic) bond motifs is 2. The van der Waals surface area contributed by atoms with Crippen molar-refractivity contribution in [1.29, 1.82) is 0 Å². The van der Waals surface area contributed by atoms with E-state index in [0.717, 1.165) is 5.92 Å². The molecule has 2 aliphatic rings. The molecule has 1 fully saturated rings. The summed E-state index contributed by atoms with van der Waals surface area (Å²) in [6, 6.07) is 0. The van der Waals surface area contributed by atoms with Gasteiger partial charge in [-0.25, -0.2) is 0 Å². The topological polar surface area (TPSA) is 27.7 Å². The van der Waals surface area contributed by atoms with Crippen molar-refractivity contribution in [2.45, 2.75) is 79.1 Å². The van der Waals surface area contributed by atoms with Crippen LogP contribution in [0.25, 0.3) is 0 Å². The van der Waals surface area contributed by atoms with Crippen LogP contribution in [0.2, 0.25) is 0 Å². The van der Waals surface area contributed by atoms with Crippen LogP contribution in [0.15, 0.2) is 11.3 Å². The smallest absolute Gasteiger partial charge is 0.368 e. The summed E-state index contributed by atoms with van der Waals surface area (Å²) in [6.45, 7) is 12.4. The van der Waals surface area contributed by atoms with Gasteiger partial charge in [-0.3, -0.25) is 0 Å². The van der Waals surface area contributed by atoms with Gasteiger partial charge >= 0.3 is 8.80 Å². The summed E-state index contributed by atoms with van der Waals surface area (Å²) in [4.78, 5) is 0. The highest BCUT2D eigenvalue weighted by Crippen LogP contribution is 2.48. The third-order valence-corrected chi connectivity index (χ3v) is 7.48. The van der Waals surface area contributed by atoms with Crippen LogP contribution >= 0.6 is 0 Å². The fraction of sp³-hybridized carbons (Fsp3) is 0.875. The molecule has 0 heterocycles. The van der Waals surface area contributed by atoms with Crippen LogP contribution in [0.5, 0.6) is 0 Å². The van der Waals surface area contributed by atoms with E-state index in [1.165, 1.54) is 24.5 Å². The molecular formula is C16H30O3Si. The fourth-order valence-corrected chi connectivity index (χ4v) is 7.05. The van der Waals surface area contributed by atoms with E-state index in [4.69, 9.17) is 13.3 Å². The Morgan fingerprint density at radius 3 is 1.70 bits per heavy atom. The Kier molecular flexibility index (Phi) is 5.11. The van der Waals surface area contributed by atoms with E-state index in [2.05, 4.69) is 47.6 Å². The van der Waals surface area contributed by atoms with Crippen molar-refractivity contribution >= 4 is 8.80 Å². The Labute approximate surface area is 125 Å². The molecule has 0 saturated heterocycles. The summed E-state index contributed by atoms with van der Waals surface area (Å²) in [5.41, 5.74) is 0. The van der Waals surface area contributed by atoms with E-state index in [9.17, 15) is 0 Å².